The maximum Gasteiger partial charge on any atom is 0.223 e. The lowest BCUT2D eigenvalue weighted by Crippen LogP contribution is -2.44. The van der Waals surface area contributed by atoms with E-state index in [1.807, 2.05) is 0 Å². The van der Waals surface area contributed by atoms with Gasteiger partial charge in [0.05, 0.1) is 0 Å². The number of hydrogen-bond acceptors (Lipinski definition) is 2. The van der Waals surface area contributed by atoms with E-state index in [-0.39, 0.29) is 11.8 Å². The monoisotopic (exact) mass is 280 g/mol. The Bertz CT molecular complexity index is 330. The SMILES string of the molecule is CC(C(=O)NC1CCC(C)(C)CC1)C1CCCC(N)C1. The molecule has 3 nitrogen and oxygen atoms in total. The van der Waals surface area contributed by atoms with E-state index in [1.54, 1.807) is 0 Å². The zero-order valence-electron chi connectivity index (χ0n) is 13.5. The van der Waals surface area contributed by atoms with Crippen molar-refractivity contribution in [2.75, 3.05) is 0 Å². The van der Waals surface area contributed by atoms with Crippen molar-refractivity contribution in [3.05, 3.63) is 0 Å². The summed E-state index contributed by atoms with van der Waals surface area (Å²) < 4.78 is 0. The fourth-order valence-electron chi connectivity index (χ4n) is 3.81. The normalized spacial score (nSPS) is 32.6. The first-order chi connectivity index (χ1) is 9.37. The van der Waals surface area contributed by atoms with Crippen LogP contribution in [0, 0.1) is 17.3 Å². The van der Waals surface area contributed by atoms with Crippen molar-refractivity contribution >= 4 is 5.91 Å². The van der Waals surface area contributed by atoms with Gasteiger partial charge in [0.2, 0.25) is 5.91 Å². The van der Waals surface area contributed by atoms with Gasteiger partial charge in [0, 0.05) is 18.0 Å². The molecule has 0 heterocycles. The van der Waals surface area contributed by atoms with Gasteiger partial charge in [0.1, 0.15) is 0 Å². The van der Waals surface area contributed by atoms with Crippen molar-refractivity contribution in [1.82, 2.24) is 5.32 Å². The molecular formula is C17H32N2O. The Hall–Kier alpha value is -0.570. The first kappa shape index (κ1) is 15.8. The predicted octanol–water partition coefficient (Wildman–Crippen LogP) is 3.23. The van der Waals surface area contributed by atoms with Crippen LogP contribution >= 0.6 is 0 Å². The summed E-state index contributed by atoms with van der Waals surface area (Å²) in [7, 11) is 0. The van der Waals surface area contributed by atoms with Crippen molar-refractivity contribution in [1.29, 1.82) is 0 Å². The topological polar surface area (TPSA) is 55.1 Å². The van der Waals surface area contributed by atoms with E-state index >= 15 is 0 Å². The summed E-state index contributed by atoms with van der Waals surface area (Å²) in [5.41, 5.74) is 6.51. The Labute approximate surface area is 124 Å². The number of hydrogen-bond donors (Lipinski definition) is 2. The predicted molar refractivity (Wildman–Crippen MR) is 83.3 cm³/mol. The van der Waals surface area contributed by atoms with Crippen LogP contribution in [-0.4, -0.2) is 18.0 Å². The summed E-state index contributed by atoms with van der Waals surface area (Å²) in [5, 5.41) is 3.29. The maximum absolute atomic E-state index is 12.4. The first-order valence-corrected chi connectivity index (χ1v) is 8.43. The second-order valence-corrected chi connectivity index (χ2v) is 7.92. The number of carbonyl (C=O) groups excluding carboxylic acids is 1. The van der Waals surface area contributed by atoms with Crippen LogP contribution in [-0.2, 0) is 4.79 Å². The minimum absolute atomic E-state index is 0.122. The van der Waals surface area contributed by atoms with Gasteiger partial charge in [-0.25, -0.2) is 0 Å². The van der Waals surface area contributed by atoms with E-state index in [4.69, 9.17) is 5.73 Å². The Morgan fingerprint density at radius 1 is 1.20 bits per heavy atom. The van der Waals surface area contributed by atoms with Gasteiger partial charge < -0.3 is 11.1 Å². The molecule has 3 atom stereocenters. The number of rotatable bonds is 3. The van der Waals surface area contributed by atoms with Crippen molar-refractivity contribution in [2.24, 2.45) is 23.0 Å². The summed E-state index contributed by atoms with van der Waals surface area (Å²) in [6, 6.07) is 0.703. The van der Waals surface area contributed by atoms with E-state index in [0.29, 0.717) is 23.4 Å². The van der Waals surface area contributed by atoms with Gasteiger partial charge in [-0.15, -0.1) is 0 Å². The van der Waals surface area contributed by atoms with Crippen molar-refractivity contribution in [3.8, 4) is 0 Å². The molecule has 2 fully saturated rings. The Morgan fingerprint density at radius 2 is 1.85 bits per heavy atom. The minimum Gasteiger partial charge on any atom is -0.353 e. The van der Waals surface area contributed by atoms with Crippen LogP contribution in [0.5, 0.6) is 0 Å². The molecule has 20 heavy (non-hydrogen) atoms. The molecule has 0 spiro atoms. The average Bonchev–Trinajstić information content (AvgIpc) is 2.40. The van der Waals surface area contributed by atoms with Gasteiger partial charge in [-0.05, 0) is 56.3 Å². The third-order valence-electron chi connectivity index (χ3n) is 5.56. The molecule has 3 heteroatoms. The smallest absolute Gasteiger partial charge is 0.223 e. The molecule has 0 aromatic rings. The molecule has 0 aromatic heterocycles. The fraction of sp³-hybridized carbons (Fsp3) is 0.941. The second-order valence-electron chi connectivity index (χ2n) is 7.92. The third-order valence-corrected chi connectivity index (χ3v) is 5.56. The highest BCUT2D eigenvalue weighted by molar-refractivity contribution is 5.78. The molecule has 1 amide bonds. The molecular weight excluding hydrogens is 248 g/mol. The number of nitrogens with one attached hydrogen (secondary N) is 1. The molecule has 0 aliphatic heterocycles. The molecule has 3 N–H and O–H groups in total. The highest BCUT2D eigenvalue weighted by Gasteiger charge is 2.31. The molecule has 0 radical (unpaired) electrons. The maximum atomic E-state index is 12.4. The Kier molecular flexibility index (Phi) is 5.11. The summed E-state index contributed by atoms with van der Waals surface area (Å²) in [5.74, 6) is 0.865. The largest absolute Gasteiger partial charge is 0.353 e. The van der Waals surface area contributed by atoms with E-state index < -0.39 is 0 Å². The first-order valence-electron chi connectivity index (χ1n) is 8.43. The second kappa shape index (κ2) is 6.46. The Morgan fingerprint density at radius 3 is 2.45 bits per heavy atom. The lowest BCUT2D eigenvalue weighted by Gasteiger charge is -2.36. The highest BCUT2D eigenvalue weighted by atomic mass is 16.1. The number of amides is 1. The van der Waals surface area contributed by atoms with Gasteiger partial charge in [0.25, 0.3) is 0 Å². The van der Waals surface area contributed by atoms with E-state index in [2.05, 4.69) is 26.1 Å². The van der Waals surface area contributed by atoms with Gasteiger partial charge in [-0.1, -0.05) is 27.2 Å². The van der Waals surface area contributed by atoms with Crippen LogP contribution in [0.3, 0.4) is 0 Å². The Balaban J connectivity index is 1.79. The van der Waals surface area contributed by atoms with Gasteiger partial charge in [-0.3, -0.25) is 4.79 Å². The summed E-state index contributed by atoms with van der Waals surface area (Å²) >= 11 is 0. The lowest BCUT2D eigenvalue weighted by atomic mass is 9.75. The van der Waals surface area contributed by atoms with Crippen LogP contribution in [0.2, 0.25) is 0 Å². The molecule has 2 rings (SSSR count). The molecule has 0 bridgehead atoms. The fourth-order valence-corrected chi connectivity index (χ4v) is 3.81. The van der Waals surface area contributed by atoms with E-state index in [9.17, 15) is 4.79 Å². The standard InChI is InChI=1S/C17H32N2O/c1-12(13-5-4-6-14(18)11-13)16(20)19-15-7-9-17(2,3)10-8-15/h12-15H,4-11,18H2,1-3H3,(H,19,20). The quantitative estimate of drug-likeness (QED) is 0.834. The molecule has 2 aliphatic carbocycles. The van der Waals surface area contributed by atoms with Crippen LogP contribution < -0.4 is 11.1 Å². The van der Waals surface area contributed by atoms with Crippen LogP contribution in [0.15, 0.2) is 0 Å². The minimum atomic E-state index is 0.122. The summed E-state index contributed by atoms with van der Waals surface area (Å²) in [4.78, 5) is 12.4. The molecule has 3 unspecified atom stereocenters. The van der Waals surface area contributed by atoms with Crippen LogP contribution in [0.1, 0.15) is 72.1 Å². The average molecular weight is 280 g/mol. The molecule has 2 saturated carbocycles. The van der Waals surface area contributed by atoms with Crippen molar-refractivity contribution in [2.45, 2.75) is 84.2 Å². The molecule has 116 valence electrons. The van der Waals surface area contributed by atoms with Gasteiger partial charge in [-0.2, -0.15) is 0 Å². The zero-order chi connectivity index (χ0) is 14.8. The van der Waals surface area contributed by atoms with Crippen LogP contribution in [0.25, 0.3) is 0 Å². The highest BCUT2D eigenvalue weighted by Crippen LogP contribution is 2.35. The molecule has 2 aliphatic rings. The summed E-state index contributed by atoms with van der Waals surface area (Å²) in [6.07, 6.45) is 9.21. The van der Waals surface area contributed by atoms with E-state index in [0.717, 1.165) is 25.7 Å². The lowest BCUT2D eigenvalue weighted by molar-refractivity contribution is -0.127. The van der Waals surface area contributed by atoms with Gasteiger partial charge in [0.15, 0.2) is 0 Å². The van der Waals surface area contributed by atoms with Gasteiger partial charge >= 0.3 is 0 Å². The summed E-state index contributed by atoms with van der Waals surface area (Å²) in [6.45, 7) is 6.75. The zero-order valence-corrected chi connectivity index (χ0v) is 13.5. The van der Waals surface area contributed by atoms with Crippen molar-refractivity contribution < 1.29 is 4.79 Å². The number of carbonyl (C=O) groups is 1. The van der Waals surface area contributed by atoms with Crippen LogP contribution in [0.4, 0.5) is 0 Å². The van der Waals surface area contributed by atoms with Crippen molar-refractivity contribution in [3.63, 3.8) is 0 Å². The molecule has 0 aromatic carbocycles. The number of nitrogens with two attached hydrogens (primary N) is 1. The third kappa shape index (κ3) is 4.21. The molecule has 0 saturated heterocycles. The van der Waals surface area contributed by atoms with E-state index in [1.165, 1.54) is 25.7 Å².